The molecule has 1 heterocycles. The molecule has 10 aromatic rings. The van der Waals surface area contributed by atoms with Gasteiger partial charge in [-0.3, -0.25) is 0 Å². The molecular formula is C50H35N. The van der Waals surface area contributed by atoms with Crippen molar-refractivity contribution in [1.29, 1.82) is 0 Å². The zero-order valence-electron chi connectivity index (χ0n) is 28.5. The third kappa shape index (κ3) is 4.62. The van der Waals surface area contributed by atoms with Crippen LogP contribution in [0.1, 0.15) is 6.92 Å². The summed E-state index contributed by atoms with van der Waals surface area (Å²) in [6.45, 7) is 3.16. The van der Waals surface area contributed by atoms with Gasteiger partial charge in [0, 0.05) is 28.4 Å². The van der Waals surface area contributed by atoms with Crippen molar-refractivity contribution in [3.63, 3.8) is 0 Å². The average Bonchev–Trinajstić information content (AvgIpc) is 3.55. The van der Waals surface area contributed by atoms with E-state index in [1.807, 2.05) is 0 Å². The third-order valence-electron chi connectivity index (χ3n) is 10.8. The maximum Gasteiger partial charge on any atom is 0.0497 e. The summed E-state index contributed by atoms with van der Waals surface area (Å²) in [5.41, 5.74) is 12.4. The summed E-state index contributed by atoms with van der Waals surface area (Å²) in [6.07, 6.45) is 0. The van der Waals surface area contributed by atoms with Crippen LogP contribution in [0.5, 0.6) is 0 Å². The Labute approximate surface area is 297 Å². The number of aryl methyl sites for hydroxylation is 1. The number of aromatic nitrogens is 1. The smallest absolute Gasteiger partial charge is 0.0497 e. The molecule has 240 valence electrons. The fourth-order valence-electron chi connectivity index (χ4n) is 8.53. The molecule has 1 heteroatoms. The Hall–Kier alpha value is -6.44. The predicted molar refractivity (Wildman–Crippen MR) is 219 cm³/mol. The van der Waals surface area contributed by atoms with E-state index in [-0.39, 0.29) is 0 Å². The van der Waals surface area contributed by atoms with E-state index in [9.17, 15) is 0 Å². The maximum atomic E-state index is 2.44. The van der Waals surface area contributed by atoms with Gasteiger partial charge in [-0.05, 0) is 108 Å². The first-order chi connectivity index (χ1) is 25.3. The normalized spacial score (nSPS) is 11.7. The Morgan fingerprint density at radius 2 is 0.824 bits per heavy atom. The molecule has 9 aromatic carbocycles. The summed E-state index contributed by atoms with van der Waals surface area (Å²) < 4.78 is 2.44. The van der Waals surface area contributed by atoms with Gasteiger partial charge in [-0.1, -0.05) is 158 Å². The Morgan fingerprint density at radius 1 is 0.314 bits per heavy atom. The Bertz CT molecular complexity index is 2910. The molecule has 0 radical (unpaired) electrons. The number of hydrogen-bond acceptors (Lipinski definition) is 0. The van der Waals surface area contributed by atoms with Crippen LogP contribution < -0.4 is 0 Å². The van der Waals surface area contributed by atoms with Crippen LogP contribution in [-0.2, 0) is 6.54 Å². The summed E-state index contributed by atoms with van der Waals surface area (Å²) in [7, 11) is 0. The van der Waals surface area contributed by atoms with Gasteiger partial charge in [-0.15, -0.1) is 0 Å². The summed E-state index contributed by atoms with van der Waals surface area (Å²) >= 11 is 0. The van der Waals surface area contributed by atoms with E-state index in [1.165, 1.54) is 98.6 Å². The van der Waals surface area contributed by atoms with Crippen LogP contribution in [0.15, 0.2) is 182 Å². The molecule has 1 nitrogen and oxygen atoms in total. The van der Waals surface area contributed by atoms with Crippen molar-refractivity contribution in [3.05, 3.63) is 182 Å². The second kappa shape index (κ2) is 11.9. The molecule has 0 aliphatic carbocycles. The van der Waals surface area contributed by atoms with Gasteiger partial charge in [-0.2, -0.15) is 0 Å². The molecule has 0 saturated heterocycles. The molecule has 0 saturated carbocycles. The van der Waals surface area contributed by atoms with E-state index in [0.717, 1.165) is 6.54 Å². The Kier molecular flexibility index (Phi) is 6.85. The second-order valence-electron chi connectivity index (χ2n) is 13.5. The highest BCUT2D eigenvalue weighted by molar-refractivity contribution is 6.26. The minimum absolute atomic E-state index is 0.925. The molecule has 0 bridgehead atoms. The monoisotopic (exact) mass is 649 g/mol. The van der Waals surface area contributed by atoms with E-state index >= 15 is 0 Å². The summed E-state index contributed by atoms with van der Waals surface area (Å²) in [5.74, 6) is 0. The first-order valence-electron chi connectivity index (χ1n) is 17.9. The van der Waals surface area contributed by atoms with Gasteiger partial charge < -0.3 is 4.57 Å². The van der Waals surface area contributed by atoms with Gasteiger partial charge >= 0.3 is 0 Å². The van der Waals surface area contributed by atoms with Crippen molar-refractivity contribution in [1.82, 2.24) is 4.57 Å². The molecular weight excluding hydrogens is 615 g/mol. The highest BCUT2D eigenvalue weighted by Gasteiger charge is 2.19. The molecule has 0 spiro atoms. The van der Waals surface area contributed by atoms with Gasteiger partial charge in [0.25, 0.3) is 0 Å². The fraction of sp³-hybridized carbons (Fsp3) is 0.0400. The largest absolute Gasteiger partial charge is 0.341 e. The molecule has 0 amide bonds. The predicted octanol–water partition coefficient (Wildman–Crippen LogP) is 13.9. The summed E-state index contributed by atoms with van der Waals surface area (Å²) in [6, 6.07) is 67.1. The number of para-hydroxylation sites is 1. The molecule has 0 unspecified atom stereocenters. The number of hydrogen-bond donors (Lipinski definition) is 0. The van der Waals surface area contributed by atoms with Crippen molar-refractivity contribution < 1.29 is 0 Å². The first-order valence-corrected chi connectivity index (χ1v) is 17.9. The third-order valence-corrected chi connectivity index (χ3v) is 10.8. The first kappa shape index (κ1) is 29.5. The van der Waals surface area contributed by atoms with Gasteiger partial charge in [0.05, 0.1) is 0 Å². The van der Waals surface area contributed by atoms with Crippen LogP contribution in [0.25, 0.3) is 98.6 Å². The summed E-state index contributed by atoms with van der Waals surface area (Å²) in [5, 5.41) is 10.4. The lowest BCUT2D eigenvalue weighted by Crippen LogP contribution is -1.93. The van der Waals surface area contributed by atoms with Crippen molar-refractivity contribution in [3.8, 4) is 44.5 Å². The molecule has 0 fully saturated rings. The standard InChI is InChI=1S/C50H35N/c1-2-51-48-25-13-12-23-45(48)50-38(24-14-26-49(50)51)35-27-29-37(46(32-35)39-18-7-6-17-36(39)33-15-4-3-5-16-33)34-28-30-44-42-21-9-8-19-40(42)41-20-10-11-22-43(41)47(44)31-34/h3-32H,2H2,1H3. The van der Waals surface area contributed by atoms with E-state index in [1.54, 1.807) is 0 Å². The van der Waals surface area contributed by atoms with Gasteiger partial charge in [0.2, 0.25) is 0 Å². The van der Waals surface area contributed by atoms with Crippen LogP contribution in [0.3, 0.4) is 0 Å². The molecule has 0 aliphatic rings. The quantitative estimate of drug-likeness (QED) is 0.164. The molecule has 51 heavy (non-hydrogen) atoms. The van der Waals surface area contributed by atoms with Crippen molar-refractivity contribution in [2.75, 3.05) is 0 Å². The lowest BCUT2D eigenvalue weighted by atomic mass is 9.85. The molecule has 10 rings (SSSR count). The van der Waals surface area contributed by atoms with Gasteiger partial charge in [0.15, 0.2) is 0 Å². The number of nitrogens with zero attached hydrogens (tertiary/aromatic N) is 1. The number of rotatable bonds is 5. The van der Waals surface area contributed by atoms with E-state index < -0.39 is 0 Å². The van der Waals surface area contributed by atoms with E-state index in [4.69, 9.17) is 0 Å². The highest BCUT2D eigenvalue weighted by Crippen LogP contribution is 2.44. The lowest BCUT2D eigenvalue weighted by molar-refractivity contribution is 0.827. The molecule has 0 N–H and O–H groups in total. The maximum absolute atomic E-state index is 2.44. The lowest BCUT2D eigenvalue weighted by Gasteiger charge is -2.18. The zero-order valence-corrected chi connectivity index (χ0v) is 28.5. The van der Waals surface area contributed by atoms with E-state index in [0.29, 0.717) is 0 Å². The SMILES string of the molecule is CCn1c2ccccc2c2c(-c3ccc(-c4ccc5c6ccccc6c6ccccc6c5c4)c(-c4ccccc4-c4ccccc4)c3)cccc21. The molecule has 0 aliphatic heterocycles. The van der Waals surface area contributed by atoms with E-state index in [2.05, 4.69) is 193 Å². The minimum Gasteiger partial charge on any atom is -0.341 e. The second-order valence-corrected chi connectivity index (χ2v) is 13.5. The topological polar surface area (TPSA) is 4.93 Å². The molecule has 1 aromatic heterocycles. The fourth-order valence-corrected chi connectivity index (χ4v) is 8.53. The zero-order chi connectivity index (χ0) is 33.9. The highest BCUT2D eigenvalue weighted by atomic mass is 15.0. The average molecular weight is 650 g/mol. The van der Waals surface area contributed by atoms with Crippen LogP contribution in [0.4, 0.5) is 0 Å². The van der Waals surface area contributed by atoms with Crippen LogP contribution >= 0.6 is 0 Å². The summed E-state index contributed by atoms with van der Waals surface area (Å²) in [4.78, 5) is 0. The van der Waals surface area contributed by atoms with Crippen molar-refractivity contribution in [2.45, 2.75) is 13.5 Å². The Balaban J connectivity index is 1.27. The van der Waals surface area contributed by atoms with Crippen LogP contribution in [-0.4, -0.2) is 4.57 Å². The molecule has 0 atom stereocenters. The Morgan fingerprint density at radius 3 is 1.55 bits per heavy atom. The van der Waals surface area contributed by atoms with Crippen molar-refractivity contribution >= 4 is 54.1 Å². The van der Waals surface area contributed by atoms with Crippen molar-refractivity contribution in [2.24, 2.45) is 0 Å². The van der Waals surface area contributed by atoms with Gasteiger partial charge in [-0.25, -0.2) is 0 Å². The van der Waals surface area contributed by atoms with Gasteiger partial charge in [0.1, 0.15) is 0 Å². The minimum atomic E-state index is 0.925. The van der Waals surface area contributed by atoms with Crippen LogP contribution in [0.2, 0.25) is 0 Å². The number of benzene rings is 9. The number of fused-ring (bicyclic) bond motifs is 9. The van der Waals surface area contributed by atoms with Crippen LogP contribution in [0, 0.1) is 0 Å².